The average molecular weight is 254 g/mol. The van der Waals surface area contributed by atoms with Crippen LogP contribution in [0.2, 0.25) is 0 Å². The number of benzene rings is 1. The molecule has 0 aliphatic carbocycles. The summed E-state index contributed by atoms with van der Waals surface area (Å²) in [6.07, 6.45) is 4.54. The molecule has 2 aromatic heterocycles. The highest BCUT2D eigenvalue weighted by Crippen LogP contribution is 2.14. The van der Waals surface area contributed by atoms with Crippen molar-refractivity contribution in [2.24, 2.45) is 5.10 Å². The van der Waals surface area contributed by atoms with Crippen LogP contribution < -0.4 is 5.43 Å². The Bertz CT molecular complexity index is 736. The van der Waals surface area contributed by atoms with Crippen LogP contribution in [0.15, 0.2) is 42.0 Å². The fourth-order valence-corrected chi connectivity index (χ4v) is 1.62. The summed E-state index contributed by atoms with van der Waals surface area (Å²) in [7, 11) is 0. The van der Waals surface area contributed by atoms with Gasteiger partial charge in [0.15, 0.2) is 11.5 Å². The van der Waals surface area contributed by atoms with Gasteiger partial charge in [-0.15, -0.1) is 0 Å². The zero-order valence-corrected chi connectivity index (χ0v) is 9.78. The summed E-state index contributed by atoms with van der Waals surface area (Å²) in [6, 6.07) is 6.78. The fourth-order valence-electron chi connectivity index (χ4n) is 1.62. The lowest BCUT2D eigenvalue weighted by atomic mass is 10.2. The predicted octanol–water partition coefficient (Wildman–Crippen LogP) is 1.50. The van der Waals surface area contributed by atoms with Gasteiger partial charge in [-0.2, -0.15) is 5.10 Å². The molecule has 0 aliphatic rings. The Morgan fingerprint density at radius 1 is 1.26 bits per heavy atom. The van der Waals surface area contributed by atoms with Crippen molar-refractivity contribution in [1.29, 1.82) is 0 Å². The van der Waals surface area contributed by atoms with Crippen molar-refractivity contribution < 1.29 is 5.11 Å². The number of nitrogens with one attached hydrogen (secondary N) is 2. The van der Waals surface area contributed by atoms with Crippen LogP contribution in [0.25, 0.3) is 11.2 Å². The van der Waals surface area contributed by atoms with Gasteiger partial charge in [0.2, 0.25) is 0 Å². The summed E-state index contributed by atoms with van der Waals surface area (Å²) in [5.74, 6) is 0.737. The first kappa shape index (κ1) is 11.1. The monoisotopic (exact) mass is 254 g/mol. The van der Waals surface area contributed by atoms with Crippen LogP contribution in [0.1, 0.15) is 5.56 Å². The molecule has 2 heterocycles. The van der Waals surface area contributed by atoms with Crippen LogP contribution in [-0.4, -0.2) is 31.3 Å². The summed E-state index contributed by atoms with van der Waals surface area (Å²) in [6.45, 7) is 0. The van der Waals surface area contributed by atoms with E-state index in [0.29, 0.717) is 17.0 Å². The summed E-state index contributed by atoms with van der Waals surface area (Å²) >= 11 is 0. The third kappa shape index (κ3) is 2.34. The third-order valence-corrected chi connectivity index (χ3v) is 2.48. The number of H-pyrrole nitrogens is 1. The number of hydrazone groups is 1. The molecular weight excluding hydrogens is 244 g/mol. The molecule has 1 aromatic carbocycles. The number of aromatic nitrogens is 4. The van der Waals surface area contributed by atoms with Gasteiger partial charge in [0, 0.05) is 0 Å². The molecule has 3 N–H and O–H groups in total. The third-order valence-electron chi connectivity index (χ3n) is 2.48. The molecular formula is C12H10N6O. The molecule has 0 bridgehead atoms. The van der Waals surface area contributed by atoms with E-state index in [1.807, 2.05) is 6.07 Å². The lowest BCUT2D eigenvalue weighted by Gasteiger charge is -1.99. The topological polar surface area (TPSA) is 99.1 Å². The summed E-state index contributed by atoms with van der Waals surface area (Å²) in [5, 5.41) is 13.4. The largest absolute Gasteiger partial charge is 0.508 e. The Kier molecular flexibility index (Phi) is 2.77. The Balaban J connectivity index is 1.81. The van der Waals surface area contributed by atoms with E-state index in [1.165, 1.54) is 6.33 Å². The van der Waals surface area contributed by atoms with Gasteiger partial charge in [-0.1, -0.05) is 12.1 Å². The predicted molar refractivity (Wildman–Crippen MR) is 71.0 cm³/mol. The molecule has 0 saturated carbocycles. The maximum atomic E-state index is 9.33. The highest BCUT2D eigenvalue weighted by molar-refractivity contribution is 5.84. The van der Waals surface area contributed by atoms with Crippen molar-refractivity contribution in [3.63, 3.8) is 0 Å². The molecule has 0 amide bonds. The van der Waals surface area contributed by atoms with E-state index in [1.54, 1.807) is 30.7 Å². The molecule has 3 aromatic rings. The average Bonchev–Trinajstić information content (AvgIpc) is 2.88. The van der Waals surface area contributed by atoms with Crippen LogP contribution in [-0.2, 0) is 0 Å². The minimum atomic E-state index is 0.196. The van der Waals surface area contributed by atoms with E-state index in [2.05, 4.69) is 30.5 Å². The van der Waals surface area contributed by atoms with Gasteiger partial charge in [0.25, 0.3) is 0 Å². The van der Waals surface area contributed by atoms with Gasteiger partial charge in [0.05, 0.1) is 12.5 Å². The number of rotatable bonds is 3. The second-order valence-corrected chi connectivity index (χ2v) is 3.79. The summed E-state index contributed by atoms with van der Waals surface area (Å²) < 4.78 is 0. The van der Waals surface area contributed by atoms with Crippen molar-refractivity contribution in [3.05, 3.63) is 42.5 Å². The molecule has 3 rings (SSSR count). The van der Waals surface area contributed by atoms with Gasteiger partial charge in [-0.3, -0.25) is 5.43 Å². The first-order valence-electron chi connectivity index (χ1n) is 5.55. The van der Waals surface area contributed by atoms with E-state index >= 15 is 0 Å². The van der Waals surface area contributed by atoms with E-state index in [9.17, 15) is 5.11 Å². The zero-order valence-electron chi connectivity index (χ0n) is 9.78. The summed E-state index contributed by atoms with van der Waals surface area (Å²) in [5.41, 5.74) is 4.85. The van der Waals surface area contributed by atoms with Gasteiger partial charge in [-0.25, -0.2) is 15.0 Å². The minimum absolute atomic E-state index is 0.196. The molecule has 19 heavy (non-hydrogen) atoms. The van der Waals surface area contributed by atoms with Crippen molar-refractivity contribution in [3.8, 4) is 5.75 Å². The number of hydrogen-bond donors (Lipinski definition) is 3. The molecule has 0 atom stereocenters. The SMILES string of the molecule is Oc1cccc(C=NNc2ncnc3nc[nH]c23)c1. The number of anilines is 1. The maximum absolute atomic E-state index is 9.33. The molecule has 0 aliphatic heterocycles. The highest BCUT2D eigenvalue weighted by atomic mass is 16.3. The van der Waals surface area contributed by atoms with Crippen molar-refractivity contribution in [2.75, 3.05) is 5.43 Å². The van der Waals surface area contributed by atoms with E-state index in [-0.39, 0.29) is 5.75 Å². The number of imidazole rings is 1. The molecule has 7 nitrogen and oxygen atoms in total. The highest BCUT2D eigenvalue weighted by Gasteiger charge is 2.03. The Labute approximate surface area is 108 Å². The number of phenols is 1. The minimum Gasteiger partial charge on any atom is -0.508 e. The normalized spacial score (nSPS) is 11.2. The van der Waals surface area contributed by atoms with Crippen molar-refractivity contribution in [2.45, 2.75) is 0 Å². The summed E-state index contributed by atoms with van der Waals surface area (Å²) in [4.78, 5) is 15.0. The van der Waals surface area contributed by atoms with Crippen LogP contribution in [0.5, 0.6) is 5.75 Å². The van der Waals surface area contributed by atoms with Crippen LogP contribution in [0.4, 0.5) is 5.82 Å². The smallest absolute Gasteiger partial charge is 0.182 e. The van der Waals surface area contributed by atoms with Gasteiger partial charge >= 0.3 is 0 Å². The standard InChI is InChI=1S/C12H10N6O/c19-9-3-1-2-8(4-9)5-17-18-12-10-11(14-6-13-10)15-7-16-12/h1-7,19H,(H2,13,14,15,16,18). The first-order valence-corrected chi connectivity index (χ1v) is 5.55. The van der Waals surface area contributed by atoms with E-state index < -0.39 is 0 Å². The molecule has 0 unspecified atom stereocenters. The lowest BCUT2D eigenvalue weighted by molar-refractivity contribution is 0.475. The lowest BCUT2D eigenvalue weighted by Crippen LogP contribution is -1.95. The van der Waals surface area contributed by atoms with Crippen LogP contribution in [0.3, 0.4) is 0 Å². The zero-order chi connectivity index (χ0) is 13.1. The molecule has 0 fully saturated rings. The quantitative estimate of drug-likeness (QED) is 0.486. The van der Waals surface area contributed by atoms with Gasteiger partial charge < -0.3 is 10.1 Å². The Hall–Kier alpha value is -2.96. The molecule has 0 radical (unpaired) electrons. The first-order chi connectivity index (χ1) is 9.33. The molecule has 94 valence electrons. The fraction of sp³-hybridized carbons (Fsp3) is 0. The molecule has 7 heteroatoms. The van der Waals surface area contributed by atoms with Gasteiger partial charge in [-0.05, 0) is 17.7 Å². The molecule has 0 spiro atoms. The number of nitrogens with zero attached hydrogens (tertiary/aromatic N) is 4. The van der Waals surface area contributed by atoms with Crippen molar-refractivity contribution >= 4 is 23.2 Å². The van der Waals surface area contributed by atoms with Gasteiger partial charge in [0.1, 0.15) is 17.6 Å². The second-order valence-electron chi connectivity index (χ2n) is 3.79. The van der Waals surface area contributed by atoms with E-state index in [0.717, 1.165) is 5.56 Å². The Morgan fingerprint density at radius 3 is 3.11 bits per heavy atom. The number of fused-ring (bicyclic) bond motifs is 1. The number of hydrogen-bond acceptors (Lipinski definition) is 6. The maximum Gasteiger partial charge on any atom is 0.182 e. The number of aromatic hydroxyl groups is 1. The van der Waals surface area contributed by atoms with E-state index in [4.69, 9.17) is 0 Å². The Morgan fingerprint density at radius 2 is 2.21 bits per heavy atom. The second kappa shape index (κ2) is 4.73. The number of phenolic OH excluding ortho intramolecular Hbond substituents is 1. The van der Waals surface area contributed by atoms with Crippen LogP contribution in [0, 0.1) is 0 Å². The molecule has 0 saturated heterocycles. The van der Waals surface area contributed by atoms with Crippen LogP contribution >= 0.6 is 0 Å². The van der Waals surface area contributed by atoms with Crippen molar-refractivity contribution in [1.82, 2.24) is 19.9 Å². The number of aromatic amines is 1.